The number of carbonyl (C=O) groups is 1. The molecule has 0 fully saturated rings. The fourth-order valence-corrected chi connectivity index (χ4v) is 1.69. The number of hydrogen-bond acceptors (Lipinski definition) is 6. The van der Waals surface area contributed by atoms with Crippen molar-refractivity contribution in [2.24, 2.45) is 0 Å². The summed E-state index contributed by atoms with van der Waals surface area (Å²) in [4.78, 5) is 28.5. The number of nitrogens with zero attached hydrogens (tertiary/aromatic N) is 2. The lowest BCUT2D eigenvalue weighted by molar-refractivity contribution is -0.384. The number of anilines is 1. The largest absolute Gasteiger partial charge is 0.461 e. The number of ether oxygens (including phenoxy) is 1. The maximum atomic E-state index is 11.8. The second kappa shape index (κ2) is 5.39. The van der Waals surface area contributed by atoms with E-state index >= 15 is 0 Å². The van der Waals surface area contributed by atoms with Crippen molar-refractivity contribution in [1.82, 2.24) is 9.97 Å². The quantitative estimate of drug-likeness (QED) is 0.498. The van der Waals surface area contributed by atoms with Crippen LogP contribution in [0.4, 0.5) is 11.6 Å². The maximum Gasteiger partial charge on any atom is 0.357 e. The third-order valence-corrected chi connectivity index (χ3v) is 2.55. The van der Waals surface area contributed by atoms with Gasteiger partial charge in [-0.25, -0.2) is 9.78 Å². The summed E-state index contributed by atoms with van der Waals surface area (Å²) >= 11 is 0. The van der Waals surface area contributed by atoms with Gasteiger partial charge in [0.2, 0.25) is 0 Å². The van der Waals surface area contributed by atoms with Crippen LogP contribution in [0.5, 0.6) is 0 Å². The van der Waals surface area contributed by atoms with E-state index in [1.165, 1.54) is 24.3 Å². The van der Waals surface area contributed by atoms with Gasteiger partial charge in [0.1, 0.15) is 5.69 Å². The molecule has 2 aromatic rings. The van der Waals surface area contributed by atoms with Gasteiger partial charge in [-0.05, 0) is 19.1 Å². The molecule has 8 nitrogen and oxygen atoms in total. The second-order valence-electron chi connectivity index (χ2n) is 3.87. The van der Waals surface area contributed by atoms with Crippen molar-refractivity contribution in [2.45, 2.75) is 6.92 Å². The van der Waals surface area contributed by atoms with Crippen molar-refractivity contribution in [3.8, 4) is 11.3 Å². The van der Waals surface area contributed by atoms with E-state index in [-0.39, 0.29) is 23.9 Å². The van der Waals surface area contributed by atoms with Crippen LogP contribution in [0.15, 0.2) is 24.3 Å². The highest BCUT2D eigenvalue weighted by Crippen LogP contribution is 2.25. The van der Waals surface area contributed by atoms with Crippen LogP contribution in [0.1, 0.15) is 17.4 Å². The molecule has 1 heterocycles. The predicted molar refractivity (Wildman–Crippen MR) is 71.0 cm³/mol. The van der Waals surface area contributed by atoms with Crippen LogP contribution >= 0.6 is 0 Å². The van der Waals surface area contributed by atoms with Gasteiger partial charge in [-0.15, -0.1) is 0 Å². The number of carbonyl (C=O) groups excluding carboxylic acids is 1. The highest BCUT2D eigenvalue weighted by atomic mass is 16.6. The van der Waals surface area contributed by atoms with E-state index in [9.17, 15) is 14.9 Å². The Bertz CT molecular complexity index is 648. The minimum Gasteiger partial charge on any atom is -0.461 e. The maximum absolute atomic E-state index is 11.8. The Labute approximate surface area is 113 Å². The van der Waals surface area contributed by atoms with Crippen LogP contribution in [0, 0.1) is 10.1 Å². The van der Waals surface area contributed by atoms with Crippen LogP contribution in [0.3, 0.4) is 0 Å². The lowest BCUT2D eigenvalue weighted by Crippen LogP contribution is -2.06. The molecule has 0 unspecified atom stereocenters. The molecule has 3 N–H and O–H groups in total. The number of aromatic nitrogens is 2. The first-order chi connectivity index (χ1) is 9.52. The van der Waals surface area contributed by atoms with Gasteiger partial charge in [0, 0.05) is 17.7 Å². The number of nitrogens with one attached hydrogen (secondary N) is 1. The van der Waals surface area contributed by atoms with Crippen LogP contribution in [-0.4, -0.2) is 27.5 Å². The number of hydrogen-bond donors (Lipinski definition) is 2. The van der Waals surface area contributed by atoms with Gasteiger partial charge in [-0.1, -0.05) is 0 Å². The zero-order chi connectivity index (χ0) is 14.7. The summed E-state index contributed by atoms with van der Waals surface area (Å²) in [7, 11) is 0. The monoisotopic (exact) mass is 276 g/mol. The van der Waals surface area contributed by atoms with E-state index in [2.05, 4.69) is 9.97 Å². The Hall–Kier alpha value is -2.90. The van der Waals surface area contributed by atoms with Gasteiger partial charge in [-0.2, -0.15) is 0 Å². The molecule has 8 heteroatoms. The number of nitrogen functional groups attached to an aromatic ring is 1. The predicted octanol–water partition coefficient (Wildman–Crippen LogP) is 1.74. The fourth-order valence-electron chi connectivity index (χ4n) is 1.69. The molecule has 0 radical (unpaired) electrons. The van der Waals surface area contributed by atoms with Gasteiger partial charge >= 0.3 is 5.97 Å². The Kier molecular flexibility index (Phi) is 3.65. The van der Waals surface area contributed by atoms with E-state index in [4.69, 9.17) is 10.5 Å². The van der Waals surface area contributed by atoms with Crippen molar-refractivity contribution in [3.63, 3.8) is 0 Å². The number of aromatic amines is 1. The number of esters is 1. The summed E-state index contributed by atoms with van der Waals surface area (Å²) < 4.78 is 4.89. The molecule has 0 saturated carbocycles. The van der Waals surface area contributed by atoms with Crippen molar-refractivity contribution in [3.05, 3.63) is 40.1 Å². The average Bonchev–Trinajstić information content (AvgIpc) is 2.81. The highest BCUT2D eigenvalue weighted by Gasteiger charge is 2.19. The molecule has 0 saturated heterocycles. The summed E-state index contributed by atoms with van der Waals surface area (Å²) in [5.41, 5.74) is 6.46. The first-order valence-electron chi connectivity index (χ1n) is 5.80. The lowest BCUT2D eigenvalue weighted by Gasteiger charge is -2.02. The molecular formula is C12H12N4O4. The Morgan fingerprint density at radius 1 is 1.45 bits per heavy atom. The zero-order valence-corrected chi connectivity index (χ0v) is 10.6. The molecule has 0 aliphatic rings. The van der Waals surface area contributed by atoms with Crippen molar-refractivity contribution in [1.29, 1.82) is 0 Å². The van der Waals surface area contributed by atoms with E-state index in [1.807, 2.05) is 0 Å². The minimum absolute atomic E-state index is 0.0463. The average molecular weight is 276 g/mol. The SMILES string of the molecule is CCOC(=O)c1[nH]c(N)nc1-c1ccc([N+](=O)[O-])cc1. The molecule has 1 aromatic heterocycles. The molecule has 2 rings (SSSR count). The Balaban J connectivity index is 2.41. The third-order valence-electron chi connectivity index (χ3n) is 2.55. The molecule has 1 aromatic carbocycles. The first-order valence-corrected chi connectivity index (χ1v) is 5.80. The number of imidazole rings is 1. The van der Waals surface area contributed by atoms with Gasteiger partial charge < -0.3 is 15.5 Å². The number of non-ortho nitro benzene ring substituents is 1. The third kappa shape index (κ3) is 2.58. The standard InChI is InChI=1S/C12H12N4O4/c1-2-20-11(17)10-9(14-12(13)15-10)7-3-5-8(6-4-7)16(18)19/h3-6H,2H2,1H3,(H3,13,14,15). The zero-order valence-electron chi connectivity index (χ0n) is 10.6. The molecule has 0 bridgehead atoms. The van der Waals surface area contributed by atoms with Gasteiger partial charge in [0.25, 0.3) is 5.69 Å². The molecular weight excluding hydrogens is 264 g/mol. The second-order valence-corrected chi connectivity index (χ2v) is 3.87. The molecule has 20 heavy (non-hydrogen) atoms. The molecule has 0 spiro atoms. The van der Waals surface area contributed by atoms with E-state index in [0.717, 1.165) is 0 Å². The normalized spacial score (nSPS) is 10.2. The molecule has 104 valence electrons. The molecule has 0 aliphatic carbocycles. The lowest BCUT2D eigenvalue weighted by atomic mass is 10.1. The van der Waals surface area contributed by atoms with E-state index < -0.39 is 10.9 Å². The number of H-pyrrole nitrogens is 1. The Morgan fingerprint density at radius 3 is 2.65 bits per heavy atom. The summed E-state index contributed by atoms with van der Waals surface area (Å²) in [6.07, 6.45) is 0. The van der Waals surface area contributed by atoms with Gasteiger partial charge in [-0.3, -0.25) is 10.1 Å². The topological polar surface area (TPSA) is 124 Å². The van der Waals surface area contributed by atoms with Crippen LogP contribution in [0.25, 0.3) is 11.3 Å². The summed E-state index contributed by atoms with van der Waals surface area (Å²) in [6, 6.07) is 5.65. The first kappa shape index (κ1) is 13.5. The fraction of sp³-hybridized carbons (Fsp3) is 0.167. The molecule has 0 atom stereocenters. The number of nitro benzene ring substituents is 1. The summed E-state index contributed by atoms with van der Waals surface area (Å²) in [5, 5.41) is 10.6. The van der Waals surface area contributed by atoms with E-state index in [0.29, 0.717) is 11.3 Å². The van der Waals surface area contributed by atoms with E-state index in [1.54, 1.807) is 6.92 Å². The van der Waals surface area contributed by atoms with Crippen molar-refractivity contribution in [2.75, 3.05) is 12.3 Å². The number of rotatable bonds is 4. The van der Waals surface area contributed by atoms with Gasteiger partial charge in [0.15, 0.2) is 11.6 Å². The van der Waals surface area contributed by atoms with Crippen LogP contribution in [-0.2, 0) is 4.74 Å². The van der Waals surface area contributed by atoms with Crippen LogP contribution in [0.2, 0.25) is 0 Å². The molecule has 0 amide bonds. The minimum atomic E-state index is -0.579. The van der Waals surface area contributed by atoms with Crippen molar-refractivity contribution < 1.29 is 14.5 Å². The molecule has 0 aliphatic heterocycles. The highest BCUT2D eigenvalue weighted by molar-refractivity contribution is 5.95. The van der Waals surface area contributed by atoms with Crippen molar-refractivity contribution >= 4 is 17.6 Å². The Morgan fingerprint density at radius 2 is 2.10 bits per heavy atom. The van der Waals surface area contributed by atoms with Crippen LogP contribution < -0.4 is 5.73 Å². The summed E-state index contributed by atoms with van der Waals surface area (Å²) in [5.74, 6) is -0.508. The smallest absolute Gasteiger partial charge is 0.357 e. The number of nitrogens with two attached hydrogens (primary N) is 1. The van der Waals surface area contributed by atoms with Gasteiger partial charge in [0.05, 0.1) is 11.5 Å². The number of benzene rings is 1. The summed E-state index contributed by atoms with van der Waals surface area (Å²) in [6.45, 7) is 1.90. The number of nitro groups is 1.